The van der Waals surface area contributed by atoms with E-state index < -0.39 is 0 Å². The van der Waals surface area contributed by atoms with Gasteiger partial charge in [-0.25, -0.2) is 0 Å². The minimum absolute atomic E-state index is 0. The van der Waals surface area contributed by atoms with E-state index in [9.17, 15) is 4.79 Å². The molecule has 0 saturated heterocycles. The first-order valence-corrected chi connectivity index (χ1v) is 7.35. The minimum Gasteiger partial charge on any atom is -0.340 e. The molecule has 0 saturated carbocycles. The fourth-order valence-corrected chi connectivity index (χ4v) is 2.25. The lowest BCUT2D eigenvalue weighted by Crippen LogP contribution is -2.35. The molecule has 0 spiro atoms. The second-order valence-electron chi connectivity index (χ2n) is 5.80. The highest BCUT2D eigenvalue weighted by Crippen LogP contribution is 2.17. The SMILES string of the molecule is CC(C)C(N)CCN(C)C(=O)c1nccc2ccccc12.Cl.Cl. The van der Waals surface area contributed by atoms with Crippen LogP contribution in [-0.2, 0) is 0 Å². The summed E-state index contributed by atoms with van der Waals surface area (Å²) < 4.78 is 0. The number of fused-ring (bicyclic) bond motifs is 1. The minimum atomic E-state index is -0.0530. The summed E-state index contributed by atoms with van der Waals surface area (Å²) in [7, 11) is 1.80. The number of nitrogens with zero attached hydrogens (tertiary/aromatic N) is 2. The number of carbonyl (C=O) groups excluding carboxylic acids is 1. The molecule has 0 aliphatic carbocycles. The molecule has 0 fully saturated rings. The van der Waals surface area contributed by atoms with Crippen LogP contribution in [0, 0.1) is 5.92 Å². The van der Waals surface area contributed by atoms with E-state index in [1.165, 1.54) is 0 Å². The van der Waals surface area contributed by atoms with Gasteiger partial charge in [-0.2, -0.15) is 0 Å². The maximum absolute atomic E-state index is 12.6. The molecule has 0 aliphatic heterocycles. The van der Waals surface area contributed by atoms with Crippen LogP contribution in [0.1, 0.15) is 30.8 Å². The van der Waals surface area contributed by atoms with Crippen LogP contribution in [0.25, 0.3) is 10.8 Å². The molecule has 6 heteroatoms. The number of nitrogens with two attached hydrogens (primary N) is 1. The lowest BCUT2D eigenvalue weighted by Gasteiger charge is -2.21. The molecule has 1 aromatic carbocycles. The fraction of sp³-hybridized carbons (Fsp3) is 0.412. The Labute approximate surface area is 150 Å². The van der Waals surface area contributed by atoms with Crippen molar-refractivity contribution in [2.24, 2.45) is 11.7 Å². The van der Waals surface area contributed by atoms with Gasteiger partial charge in [0, 0.05) is 31.2 Å². The van der Waals surface area contributed by atoms with E-state index >= 15 is 0 Å². The average Bonchev–Trinajstić information content (AvgIpc) is 2.50. The Morgan fingerprint density at radius 3 is 2.52 bits per heavy atom. The molecule has 128 valence electrons. The Balaban J connectivity index is 0.00000242. The summed E-state index contributed by atoms with van der Waals surface area (Å²) in [5.74, 6) is 0.368. The number of halogens is 2. The van der Waals surface area contributed by atoms with Gasteiger partial charge in [0.25, 0.3) is 5.91 Å². The zero-order valence-electron chi connectivity index (χ0n) is 13.7. The van der Waals surface area contributed by atoms with Gasteiger partial charge in [-0.3, -0.25) is 9.78 Å². The van der Waals surface area contributed by atoms with Crippen LogP contribution in [0.2, 0.25) is 0 Å². The van der Waals surface area contributed by atoms with E-state index in [0.717, 1.165) is 17.2 Å². The predicted octanol–water partition coefficient (Wildman–Crippen LogP) is 3.52. The highest BCUT2D eigenvalue weighted by atomic mass is 35.5. The molecule has 0 aliphatic rings. The first-order chi connectivity index (χ1) is 10.0. The monoisotopic (exact) mass is 357 g/mol. The van der Waals surface area contributed by atoms with Crippen molar-refractivity contribution >= 4 is 41.5 Å². The Morgan fingerprint density at radius 2 is 1.87 bits per heavy atom. The lowest BCUT2D eigenvalue weighted by molar-refractivity contribution is 0.0785. The molecule has 1 atom stereocenters. The zero-order valence-corrected chi connectivity index (χ0v) is 15.4. The van der Waals surface area contributed by atoms with Gasteiger partial charge in [0.2, 0.25) is 0 Å². The Bertz CT molecular complexity index is 629. The average molecular weight is 358 g/mol. The van der Waals surface area contributed by atoms with Crippen molar-refractivity contribution in [1.29, 1.82) is 0 Å². The van der Waals surface area contributed by atoms with Gasteiger partial charge in [0.1, 0.15) is 5.69 Å². The maximum Gasteiger partial charge on any atom is 0.272 e. The second kappa shape index (κ2) is 9.71. The molecule has 0 radical (unpaired) electrons. The van der Waals surface area contributed by atoms with E-state index in [4.69, 9.17) is 5.73 Å². The summed E-state index contributed by atoms with van der Waals surface area (Å²) in [5, 5.41) is 1.92. The van der Waals surface area contributed by atoms with Gasteiger partial charge in [-0.1, -0.05) is 38.1 Å². The quantitative estimate of drug-likeness (QED) is 0.890. The van der Waals surface area contributed by atoms with Crippen molar-refractivity contribution in [3.63, 3.8) is 0 Å². The number of rotatable bonds is 5. The molecule has 4 nitrogen and oxygen atoms in total. The summed E-state index contributed by atoms with van der Waals surface area (Å²) >= 11 is 0. The third-order valence-electron chi connectivity index (χ3n) is 3.88. The van der Waals surface area contributed by atoms with Gasteiger partial charge in [-0.15, -0.1) is 24.8 Å². The number of benzene rings is 1. The van der Waals surface area contributed by atoms with Crippen molar-refractivity contribution in [3.8, 4) is 0 Å². The third kappa shape index (κ3) is 5.34. The van der Waals surface area contributed by atoms with Gasteiger partial charge in [0.15, 0.2) is 0 Å². The summed E-state index contributed by atoms with van der Waals surface area (Å²) in [4.78, 5) is 18.5. The molecular formula is C17H25Cl2N3O. The number of amides is 1. The van der Waals surface area contributed by atoms with Crippen LogP contribution >= 0.6 is 24.8 Å². The molecule has 1 amide bonds. The van der Waals surface area contributed by atoms with E-state index in [0.29, 0.717) is 18.2 Å². The van der Waals surface area contributed by atoms with Crippen LogP contribution in [0.15, 0.2) is 36.5 Å². The summed E-state index contributed by atoms with van der Waals surface area (Å²) in [6, 6.07) is 9.84. The van der Waals surface area contributed by atoms with Gasteiger partial charge >= 0.3 is 0 Å². The lowest BCUT2D eigenvalue weighted by atomic mass is 10.0. The largest absolute Gasteiger partial charge is 0.340 e. The van der Waals surface area contributed by atoms with Gasteiger partial charge in [0.05, 0.1) is 0 Å². The van der Waals surface area contributed by atoms with Crippen molar-refractivity contribution < 1.29 is 4.79 Å². The number of carbonyl (C=O) groups is 1. The topological polar surface area (TPSA) is 59.2 Å². The predicted molar refractivity (Wildman–Crippen MR) is 101 cm³/mol. The number of pyridine rings is 1. The van der Waals surface area contributed by atoms with E-state index in [1.807, 2.05) is 30.3 Å². The van der Waals surface area contributed by atoms with Crippen molar-refractivity contribution in [3.05, 3.63) is 42.2 Å². The number of hydrogen-bond donors (Lipinski definition) is 1. The first-order valence-electron chi connectivity index (χ1n) is 7.35. The van der Waals surface area contributed by atoms with Crippen molar-refractivity contribution in [2.75, 3.05) is 13.6 Å². The summed E-state index contributed by atoms with van der Waals surface area (Å²) in [5.41, 5.74) is 6.55. The standard InChI is InChI=1S/C17H23N3O.2ClH/c1-12(2)15(18)9-11-20(3)17(21)16-14-7-5-4-6-13(14)8-10-19-16;;/h4-8,10,12,15H,9,11,18H2,1-3H3;2*1H. The third-order valence-corrected chi connectivity index (χ3v) is 3.88. The number of aromatic nitrogens is 1. The molecule has 0 bridgehead atoms. The number of hydrogen-bond acceptors (Lipinski definition) is 3. The fourth-order valence-electron chi connectivity index (χ4n) is 2.25. The normalized spacial score (nSPS) is 11.5. The highest BCUT2D eigenvalue weighted by molar-refractivity contribution is 6.04. The summed E-state index contributed by atoms with van der Waals surface area (Å²) in [6.45, 7) is 4.83. The first kappa shape index (κ1) is 21.6. The molecule has 2 rings (SSSR count). The molecule has 1 heterocycles. The van der Waals surface area contributed by atoms with Crippen LogP contribution in [0.4, 0.5) is 0 Å². The molecule has 2 N–H and O–H groups in total. The van der Waals surface area contributed by atoms with E-state index in [-0.39, 0.29) is 36.8 Å². The smallest absolute Gasteiger partial charge is 0.272 e. The molecular weight excluding hydrogens is 333 g/mol. The molecule has 2 aromatic rings. The van der Waals surface area contributed by atoms with E-state index in [1.54, 1.807) is 18.1 Å². The molecule has 23 heavy (non-hydrogen) atoms. The van der Waals surface area contributed by atoms with Crippen molar-refractivity contribution in [1.82, 2.24) is 9.88 Å². The van der Waals surface area contributed by atoms with Crippen LogP contribution in [0.3, 0.4) is 0 Å². The van der Waals surface area contributed by atoms with Gasteiger partial charge in [-0.05, 0) is 23.8 Å². The maximum atomic E-state index is 12.6. The van der Waals surface area contributed by atoms with Crippen LogP contribution in [0.5, 0.6) is 0 Å². The Hall–Kier alpha value is -1.36. The Kier molecular flexibility index (Phi) is 9.13. The molecule has 1 aromatic heterocycles. The van der Waals surface area contributed by atoms with E-state index in [2.05, 4.69) is 18.8 Å². The van der Waals surface area contributed by atoms with Gasteiger partial charge < -0.3 is 10.6 Å². The van der Waals surface area contributed by atoms with Crippen LogP contribution in [-0.4, -0.2) is 35.4 Å². The Morgan fingerprint density at radius 1 is 1.22 bits per heavy atom. The highest BCUT2D eigenvalue weighted by Gasteiger charge is 2.17. The second-order valence-corrected chi connectivity index (χ2v) is 5.80. The van der Waals surface area contributed by atoms with Crippen LogP contribution < -0.4 is 5.73 Å². The summed E-state index contributed by atoms with van der Waals surface area (Å²) in [6.07, 6.45) is 2.48. The zero-order chi connectivity index (χ0) is 15.4. The van der Waals surface area contributed by atoms with Crippen molar-refractivity contribution in [2.45, 2.75) is 26.3 Å². The molecule has 1 unspecified atom stereocenters.